The number of hydrogen-bond donors (Lipinski definition) is 2. The molecule has 0 aliphatic carbocycles. The minimum absolute atomic E-state index is 0.336. The molecule has 0 fully saturated rings. The lowest BCUT2D eigenvalue weighted by Crippen LogP contribution is -2.21. The number of primary amides is 1. The number of nitrogens with zero attached hydrogens (tertiary/aromatic N) is 1. The van der Waals surface area contributed by atoms with Gasteiger partial charge in [-0.25, -0.2) is 4.79 Å². The molecule has 154 valence electrons. The average Bonchev–Trinajstić information content (AvgIpc) is 3.01. The number of nitrogens with one attached hydrogen (secondary N) is 1. The van der Waals surface area contributed by atoms with Crippen LogP contribution in [0.25, 0.3) is 5.69 Å². The molecule has 0 saturated carbocycles. The van der Waals surface area contributed by atoms with Gasteiger partial charge in [-0.2, -0.15) is 0 Å². The number of carbonyl (C=O) groups is 3. The van der Waals surface area contributed by atoms with E-state index < -0.39 is 24.4 Å². The standard InChI is InChI=1S/C23H23N3O4/c1-14-4-10-19(11-5-14)26-15(2)12-20(16(26)3)23(29)30-13-21(27)25-18-8-6-17(7-9-18)22(24)28/h4-12H,13H2,1-3H3,(H2,24,28)(H,25,27). The molecule has 30 heavy (non-hydrogen) atoms. The van der Waals surface area contributed by atoms with Crippen molar-refractivity contribution in [2.24, 2.45) is 5.73 Å². The zero-order chi connectivity index (χ0) is 21.8. The Kier molecular flexibility index (Phi) is 6.01. The molecule has 3 N–H and O–H groups in total. The number of aromatic nitrogens is 1. The number of hydrogen-bond acceptors (Lipinski definition) is 4. The van der Waals surface area contributed by atoms with Gasteiger partial charge in [-0.05, 0) is 63.2 Å². The summed E-state index contributed by atoms with van der Waals surface area (Å²) in [4.78, 5) is 35.7. The molecule has 7 heteroatoms. The summed E-state index contributed by atoms with van der Waals surface area (Å²) in [6, 6.07) is 15.8. The van der Waals surface area contributed by atoms with Crippen molar-refractivity contribution in [1.29, 1.82) is 0 Å². The van der Waals surface area contributed by atoms with E-state index in [-0.39, 0.29) is 0 Å². The van der Waals surface area contributed by atoms with Crippen molar-refractivity contribution < 1.29 is 19.1 Å². The van der Waals surface area contributed by atoms with Crippen molar-refractivity contribution in [1.82, 2.24) is 4.57 Å². The molecule has 3 rings (SSSR count). The van der Waals surface area contributed by atoms with Gasteiger partial charge in [0.25, 0.3) is 5.91 Å². The number of amides is 2. The molecular weight excluding hydrogens is 382 g/mol. The smallest absolute Gasteiger partial charge is 0.340 e. The predicted molar refractivity (Wildman–Crippen MR) is 114 cm³/mol. The molecular formula is C23H23N3O4. The number of ether oxygens (including phenoxy) is 1. The molecule has 2 aromatic carbocycles. The third kappa shape index (κ3) is 4.57. The van der Waals surface area contributed by atoms with E-state index in [9.17, 15) is 14.4 Å². The number of benzene rings is 2. The van der Waals surface area contributed by atoms with E-state index in [1.165, 1.54) is 12.1 Å². The average molecular weight is 405 g/mol. The van der Waals surface area contributed by atoms with Crippen LogP contribution < -0.4 is 11.1 Å². The van der Waals surface area contributed by atoms with Gasteiger partial charge in [-0.3, -0.25) is 9.59 Å². The number of aryl methyl sites for hydroxylation is 2. The fourth-order valence-electron chi connectivity index (χ4n) is 3.18. The first kappa shape index (κ1) is 20.9. The van der Waals surface area contributed by atoms with Crippen molar-refractivity contribution in [3.8, 4) is 5.69 Å². The second-order valence-corrected chi connectivity index (χ2v) is 7.02. The number of anilines is 1. The molecule has 0 unspecified atom stereocenters. The van der Waals surface area contributed by atoms with Gasteiger partial charge in [0.2, 0.25) is 5.91 Å². The monoisotopic (exact) mass is 405 g/mol. The number of nitrogens with two attached hydrogens (primary N) is 1. The van der Waals surface area contributed by atoms with Crippen LogP contribution in [0.2, 0.25) is 0 Å². The molecule has 2 amide bonds. The zero-order valence-corrected chi connectivity index (χ0v) is 17.1. The highest BCUT2D eigenvalue weighted by Crippen LogP contribution is 2.22. The molecule has 7 nitrogen and oxygen atoms in total. The van der Waals surface area contributed by atoms with Crippen molar-refractivity contribution in [2.45, 2.75) is 20.8 Å². The van der Waals surface area contributed by atoms with Gasteiger partial charge >= 0.3 is 5.97 Å². The van der Waals surface area contributed by atoms with Gasteiger partial charge in [-0.1, -0.05) is 17.7 Å². The normalized spacial score (nSPS) is 10.5. The third-order valence-electron chi connectivity index (χ3n) is 4.73. The fraction of sp³-hybridized carbons (Fsp3) is 0.174. The van der Waals surface area contributed by atoms with E-state index in [2.05, 4.69) is 5.32 Å². The molecule has 0 aliphatic rings. The molecule has 0 radical (unpaired) electrons. The second kappa shape index (κ2) is 8.65. The quantitative estimate of drug-likeness (QED) is 0.614. The summed E-state index contributed by atoms with van der Waals surface area (Å²) >= 11 is 0. The second-order valence-electron chi connectivity index (χ2n) is 7.02. The molecule has 0 spiro atoms. The van der Waals surface area contributed by atoms with E-state index in [0.717, 1.165) is 22.6 Å². The first-order chi connectivity index (χ1) is 14.3. The van der Waals surface area contributed by atoms with Gasteiger partial charge in [0, 0.05) is 28.3 Å². The summed E-state index contributed by atoms with van der Waals surface area (Å²) in [5.41, 5.74) is 10.1. The first-order valence-electron chi connectivity index (χ1n) is 9.39. The Morgan fingerprint density at radius 2 is 1.60 bits per heavy atom. The van der Waals surface area contributed by atoms with Crippen LogP contribution in [0.4, 0.5) is 5.69 Å². The third-order valence-corrected chi connectivity index (χ3v) is 4.73. The molecule has 1 heterocycles. The van der Waals surface area contributed by atoms with E-state index >= 15 is 0 Å². The van der Waals surface area contributed by atoms with Crippen LogP contribution in [0.1, 0.15) is 37.7 Å². The van der Waals surface area contributed by atoms with Crippen LogP contribution in [0, 0.1) is 20.8 Å². The molecule has 0 saturated heterocycles. The van der Waals surface area contributed by atoms with E-state index in [4.69, 9.17) is 10.5 Å². The summed E-state index contributed by atoms with van der Waals surface area (Å²) in [7, 11) is 0. The Hall–Kier alpha value is -3.87. The lowest BCUT2D eigenvalue weighted by molar-refractivity contribution is -0.119. The summed E-state index contributed by atoms with van der Waals surface area (Å²) in [6.07, 6.45) is 0. The minimum Gasteiger partial charge on any atom is -0.452 e. The zero-order valence-electron chi connectivity index (χ0n) is 17.1. The number of carbonyl (C=O) groups excluding carboxylic acids is 3. The molecule has 0 aliphatic heterocycles. The van der Waals surface area contributed by atoms with Crippen LogP contribution >= 0.6 is 0 Å². The molecule has 3 aromatic rings. The van der Waals surface area contributed by atoms with Crippen molar-refractivity contribution in [3.63, 3.8) is 0 Å². The lowest BCUT2D eigenvalue weighted by atomic mass is 10.2. The SMILES string of the molecule is Cc1ccc(-n2c(C)cc(C(=O)OCC(=O)Nc3ccc(C(N)=O)cc3)c2C)cc1. The fourth-order valence-corrected chi connectivity index (χ4v) is 3.18. The van der Waals surface area contributed by atoms with Crippen molar-refractivity contribution in [2.75, 3.05) is 11.9 Å². The number of esters is 1. The Morgan fingerprint density at radius 3 is 2.20 bits per heavy atom. The Bertz CT molecular complexity index is 1100. The summed E-state index contributed by atoms with van der Waals surface area (Å²) in [5.74, 6) is -1.60. The van der Waals surface area contributed by atoms with Crippen LogP contribution in [-0.4, -0.2) is 29.0 Å². The van der Waals surface area contributed by atoms with Gasteiger partial charge in [0.15, 0.2) is 6.61 Å². The van der Waals surface area contributed by atoms with Crippen LogP contribution in [0.15, 0.2) is 54.6 Å². The maximum absolute atomic E-state index is 12.5. The topological polar surface area (TPSA) is 103 Å². The largest absolute Gasteiger partial charge is 0.452 e. The van der Waals surface area contributed by atoms with E-state index in [1.807, 2.05) is 49.6 Å². The van der Waals surface area contributed by atoms with E-state index in [0.29, 0.717) is 16.8 Å². The lowest BCUT2D eigenvalue weighted by Gasteiger charge is -2.10. The molecule has 0 bridgehead atoms. The van der Waals surface area contributed by atoms with Gasteiger partial charge in [-0.15, -0.1) is 0 Å². The Morgan fingerprint density at radius 1 is 0.967 bits per heavy atom. The van der Waals surface area contributed by atoms with Crippen LogP contribution in [-0.2, 0) is 9.53 Å². The Labute approximate surface area is 174 Å². The first-order valence-corrected chi connectivity index (χ1v) is 9.39. The minimum atomic E-state index is -0.569. The molecule has 0 atom stereocenters. The highest BCUT2D eigenvalue weighted by molar-refractivity contribution is 5.97. The maximum atomic E-state index is 12.5. The summed E-state index contributed by atoms with van der Waals surface area (Å²) in [5, 5.41) is 2.60. The summed E-state index contributed by atoms with van der Waals surface area (Å²) < 4.78 is 7.16. The van der Waals surface area contributed by atoms with Gasteiger partial charge in [0.1, 0.15) is 0 Å². The number of rotatable bonds is 6. The van der Waals surface area contributed by atoms with Crippen molar-refractivity contribution in [3.05, 3.63) is 82.7 Å². The van der Waals surface area contributed by atoms with E-state index in [1.54, 1.807) is 18.2 Å². The Balaban J connectivity index is 1.65. The summed E-state index contributed by atoms with van der Waals surface area (Å²) in [6.45, 7) is 5.33. The maximum Gasteiger partial charge on any atom is 0.340 e. The highest BCUT2D eigenvalue weighted by Gasteiger charge is 2.19. The van der Waals surface area contributed by atoms with Crippen LogP contribution in [0.5, 0.6) is 0 Å². The predicted octanol–water partition coefficient (Wildman–Crippen LogP) is 3.30. The van der Waals surface area contributed by atoms with Crippen molar-refractivity contribution >= 4 is 23.5 Å². The molecule has 1 aromatic heterocycles. The van der Waals surface area contributed by atoms with Gasteiger partial charge in [0.05, 0.1) is 5.56 Å². The highest BCUT2D eigenvalue weighted by atomic mass is 16.5. The van der Waals surface area contributed by atoms with Gasteiger partial charge < -0.3 is 20.4 Å². The van der Waals surface area contributed by atoms with Crippen LogP contribution in [0.3, 0.4) is 0 Å².